The number of β-amino-alcohol motifs (C(OH)–C–C–N with tert-alkyl or cyclic N) is 1. The van der Waals surface area contributed by atoms with Crippen LogP contribution < -0.4 is 19.5 Å². The maximum atomic E-state index is 14.0. The first-order chi connectivity index (χ1) is 17.5. The van der Waals surface area contributed by atoms with Gasteiger partial charge in [0.2, 0.25) is 5.91 Å². The summed E-state index contributed by atoms with van der Waals surface area (Å²) in [4.78, 5) is 16.0. The van der Waals surface area contributed by atoms with Crippen LogP contribution in [0, 0.1) is 5.92 Å². The lowest BCUT2D eigenvalue weighted by atomic mass is 9.78. The van der Waals surface area contributed by atoms with Gasteiger partial charge in [-0.15, -0.1) is 0 Å². The Bertz CT molecular complexity index is 1010. The molecule has 2 aromatic carbocycles. The number of rotatable bonds is 12. The van der Waals surface area contributed by atoms with Crippen molar-refractivity contribution in [2.24, 2.45) is 5.92 Å². The van der Waals surface area contributed by atoms with Gasteiger partial charge in [-0.2, -0.15) is 0 Å². The predicted octanol–water partition coefficient (Wildman–Crippen LogP) is 2.97. The van der Waals surface area contributed by atoms with E-state index < -0.39 is 6.10 Å². The Balaban J connectivity index is 1.55. The van der Waals surface area contributed by atoms with Gasteiger partial charge in [-0.3, -0.25) is 4.79 Å². The average Bonchev–Trinajstić information content (AvgIpc) is 3.74. The number of ether oxygens (including phenoxy) is 4. The maximum absolute atomic E-state index is 14.0. The molecule has 2 aromatic rings. The number of carbonyl (C=O) groups excluding carboxylic acids is 1. The lowest BCUT2D eigenvalue weighted by Gasteiger charge is -2.38. The van der Waals surface area contributed by atoms with Crippen molar-refractivity contribution >= 4 is 5.91 Å². The van der Waals surface area contributed by atoms with E-state index in [1.165, 1.54) is 0 Å². The molecule has 2 N–H and O–H groups in total. The van der Waals surface area contributed by atoms with Gasteiger partial charge in [0.1, 0.15) is 17.2 Å². The van der Waals surface area contributed by atoms with Gasteiger partial charge in [0.25, 0.3) is 0 Å². The highest BCUT2D eigenvalue weighted by Gasteiger charge is 2.43. The number of nitrogens with zero attached hydrogens (tertiary/aromatic N) is 1. The summed E-state index contributed by atoms with van der Waals surface area (Å²) in [6.45, 7) is 2.62. The Morgan fingerprint density at radius 3 is 2.50 bits per heavy atom. The number of aliphatic hydroxyl groups is 1. The highest BCUT2D eigenvalue weighted by atomic mass is 16.5. The van der Waals surface area contributed by atoms with E-state index in [-0.39, 0.29) is 23.8 Å². The summed E-state index contributed by atoms with van der Waals surface area (Å²) in [6, 6.07) is 13.7. The molecule has 0 spiro atoms. The molecule has 1 saturated carbocycles. The SMILES string of the molecule is COCCCOc1cc(CN(C(=O)[C@H]2CNC[C@@H](O)[C@@H]2c2cccc(OC)c2)C2CC2)cc(OC)c1. The van der Waals surface area contributed by atoms with Crippen molar-refractivity contribution in [1.82, 2.24) is 10.2 Å². The van der Waals surface area contributed by atoms with Crippen LogP contribution in [-0.2, 0) is 16.1 Å². The lowest BCUT2D eigenvalue weighted by Crippen LogP contribution is -2.52. The number of hydrogen-bond donors (Lipinski definition) is 2. The van der Waals surface area contributed by atoms with Crippen molar-refractivity contribution in [3.8, 4) is 17.2 Å². The molecule has 2 aliphatic rings. The van der Waals surface area contributed by atoms with E-state index in [4.69, 9.17) is 18.9 Å². The van der Waals surface area contributed by atoms with E-state index in [2.05, 4.69) is 5.32 Å². The predicted molar refractivity (Wildman–Crippen MR) is 137 cm³/mol. The second-order valence-corrected chi connectivity index (χ2v) is 9.54. The normalized spacial score (nSPS) is 21.6. The van der Waals surface area contributed by atoms with E-state index in [1.54, 1.807) is 21.3 Å². The molecule has 2 fully saturated rings. The molecule has 0 aromatic heterocycles. The zero-order chi connectivity index (χ0) is 25.5. The third kappa shape index (κ3) is 6.49. The van der Waals surface area contributed by atoms with E-state index in [9.17, 15) is 9.90 Å². The molecule has 4 rings (SSSR count). The first-order valence-corrected chi connectivity index (χ1v) is 12.7. The number of carbonyl (C=O) groups is 1. The Morgan fingerprint density at radius 1 is 1.00 bits per heavy atom. The summed E-state index contributed by atoms with van der Waals surface area (Å²) in [5, 5.41) is 14.2. The summed E-state index contributed by atoms with van der Waals surface area (Å²) in [6.07, 6.45) is 2.11. The van der Waals surface area contributed by atoms with Crippen LogP contribution in [0.4, 0.5) is 0 Å². The highest BCUT2D eigenvalue weighted by Crippen LogP contribution is 2.37. The molecule has 8 heteroatoms. The van der Waals surface area contributed by atoms with Crippen molar-refractivity contribution in [3.05, 3.63) is 53.6 Å². The maximum Gasteiger partial charge on any atom is 0.228 e. The van der Waals surface area contributed by atoms with Crippen LogP contribution in [0.1, 0.15) is 36.3 Å². The second-order valence-electron chi connectivity index (χ2n) is 9.54. The molecule has 1 aliphatic heterocycles. The summed E-state index contributed by atoms with van der Waals surface area (Å²) < 4.78 is 21.9. The van der Waals surface area contributed by atoms with Crippen LogP contribution in [0.5, 0.6) is 17.2 Å². The summed E-state index contributed by atoms with van der Waals surface area (Å²) in [5.74, 6) is 1.51. The van der Waals surface area contributed by atoms with Gasteiger partial charge >= 0.3 is 0 Å². The second kappa shape index (κ2) is 12.4. The summed E-state index contributed by atoms with van der Waals surface area (Å²) in [7, 11) is 4.93. The topological polar surface area (TPSA) is 89.5 Å². The fraction of sp³-hybridized carbons (Fsp3) is 0.536. The third-order valence-electron chi connectivity index (χ3n) is 6.92. The van der Waals surface area contributed by atoms with E-state index >= 15 is 0 Å². The fourth-order valence-electron chi connectivity index (χ4n) is 4.95. The van der Waals surface area contributed by atoms with Gasteiger partial charge in [0.15, 0.2) is 0 Å². The molecular formula is C28H38N2O6. The van der Waals surface area contributed by atoms with Crippen LogP contribution in [0.3, 0.4) is 0 Å². The van der Waals surface area contributed by atoms with Crippen molar-refractivity contribution in [3.63, 3.8) is 0 Å². The van der Waals surface area contributed by atoms with Gasteiger partial charge in [0.05, 0.1) is 32.8 Å². The Labute approximate surface area is 213 Å². The zero-order valence-corrected chi connectivity index (χ0v) is 21.4. The van der Waals surface area contributed by atoms with Crippen molar-refractivity contribution in [2.45, 2.75) is 43.9 Å². The monoisotopic (exact) mass is 498 g/mol. The molecule has 3 atom stereocenters. The molecule has 1 amide bonds. The van der Waals surface area contributed by atoms with Gasteiger partial charge in [-0.25, -0.2) is 0 Å². The molecule has 1 aliphatic carbocycles. The van der Waals surface area contributed by atoms with E-state index in [0.29, 0.717) is 44.3 Å². The molecule has 1 saturated heterocycles. The third-order valence-corrected chi connectivity index (χ3v) is 6.92. The molecule has 0 unspecified atom stereocenters. The number of nitrogens with one attached hydrogen (secondary N) is 1. The van der Waals surface area contributed by atoms with Gasteiger partial charge in [-0.1, -0.05) is 12.1 Å². The van der Waals surface area contributed by atoms with Gasteiger partial charge < -0.3 is 34.3 Å². The molecule has 1 heterocycles. The van der Waals surface area contributed by atoms with Crippen molar-refractivity contribution < 1.29 is 28.8 Å². The van der Waals surface area contributed by atoms with E-state index in [0.717, 1.165) is 36.1 Å². The molecule has 196 valence electrons. The average molecular weight is 499 g/mol. The smallest absolute Gasteiger partial charge is 0.228 e. The van der Waals surface area contributed by atoms with Gasteiger partial charge in [0, 0.05) is 57.8 Å². The number of amides is 1. The van der Waals surface area contributed by atoms with Crippen LogP contribution >= 0.6 is 0 Å². The quantitative estimate of drug-likeness (QED) is 0.435. The van der Waals surface area contributed by atoms with Crippen molar-refractivity contribution in [2.75, 3.05) is 47.6 Å². The van der Waals surface area contributed by atoms with Crippen LogP contribution in [0.15, 0.2) is 42.5 Å². The Kier molecular flexibility index (Phi) is 9.07. The molecule has 36 heavy (non-hydrogen) atoms. The minimum atomic E-state index is -0.662. The first kappa shape index (κ1) is 26.3. The molecular weight excluding hydrogens is 460 g/mol. The minimum absolute atomic E-state index is 0.0574. The van der Waals surface area contributed by atoms with Gasteiger partial charge in [-0.05, 0) is 48.2 Å². The van der Waals surface area contributed by atoms with Crippen molar-refractivity contribution in [1.29, 1.82) is 0 Å². The Morgan fingerprint density at radius 2 is 1.78 bits per heavy atom. The molecule has 0 bridgehead atoms. The standard InChI is InChI=1S/C28H38N2O6/c1-33-10-5-11-36-24-13-19(12-23(15-24)35-3)18-30(21-8-9-21)28(32)25-16-29-17-26(31)27(25)20-6-4-7-22(14-20)34-2/h4,6-7,12-15,21,25-27,29,31H,5,8-11,16-18H2,1-3H3/t25-,26+,27+/m0/s1. The number of methoxy groups -OCH3 is 3. The first-order valence-electron chi connectivity index (χ1n) is 12.7. The van der Waals surface area contributed by atoms with E-state index in [1.807, 2.05) is 47.4 Å². The van der Waals surface area contributed by atoms with Crippen LogP contribution in [0.2, 0.25) is 0 Å². The highest BCUT2D eigenvalue weighted by molar-refractivity contribution is 5.81. The fourth-order valence-corrected chi connectivity index (χ4v) is 4.95. The Hall–Kier alpha value is -2.81. The summed E-state index contributed by atoms with van der Waals surface area (Å²) >= 11 is 0. The lowest BCUT2D eigenvalue weighted by molar-refractivity contribution is -0.139. The number of benzene rings is 2. The number of piperidine rings is 1. The molecule has 8 nitrogen and oxygen atoms in total. The number of aliphatic hydroxyl groups excluding tert-OH is 1. The number of hydrogen-bond acceptors (Lipinski definition) is 7. The van der Waals surface area contributed by atoms with Crippen LogP contribution in [0.25, 0.3) is 0 Å². The largest absolute Gasteiger partial charge is 0.497 e. The van der Waals surface area contributed by atoms with Crippen LogP contribution in [-0.4, -0.2) is 75.7 Å². The minimum Gasteiger partial charge on any atom is -0.497 e. The summed E-state index contributed by atoms with van der Waals surface area (Å²) in [5.41, 5.74) is 1.88. The zero-order valence-electron chi connectivity index (χ0n) is 21.4. The molecule has 0 radical (unpaired) electrons.